The Morgan fingerprint density at radius 3 is 2.55 bits per heavy atom. The molecule has 4 rings (SSSR count). The van der Waals surface area contributed by atoms with Crippen LogP contribution in [0.3, 0.4) is 0 Å². The number of nitrogens with zero attached hydrogens (tertiary/aromatic N) is 4. The molecule has 0 N–H and O–H groups in total. The quantitative estimate of drug-likeness (QED) is 0.672. The van der Waals surface area contributed by atoms with Crippen LogP contribution >= 0.6 is 11.8 Å². The van der Waals surface area contributed by atoms with Crippen molar-refractivity contribution in [3.63, 3.8) is 0 Å². The summed E-state index contributed by atoms with van der Waals surface area (Å²) in [5.74, 6) is 2.22. The zero-order valence-corrected chi connectivity index (χ0v) is 17.7. The number of amides is 1. The van der Waals surface area contributed by atoms with Crippen molar-refractivity contribution in [1.29, 1.82) is 0 Å². The number of morpholine rings is 1. The van der Waals surface area contributed by atoms with E-state index < -0.39 is 0 Å². The zero-order chi connectivity index (χ0) is 20.1. The molecule has 1 amide bonds. The van der Waals surface area contributed by atoms with Gasteiger partial charge in [-0.3, -0.25) is 9.36 Å². The van der Waals surface area contributed by atoms with E-state index in [4.69, 9.17) is 9.47 Å². The number of carbonyl (C=O) groups is 1. The summed E-state index contributed by atoms with van der Waals surface area (Å²) >= 11 is 1.50. The van der Waals surface area contributed by atoms with Crippen molar-refractivity contribution in [2.24, 2.45) is 0 Å². The molecule has 0 radical (unpaired) electrons. The van der Waals surface area contributed by atoms with Crippen molar-refractivity contribution in [3.05, 3.63) is 24.3 Å². The van der Waals surface area contributed by atoms with Crippen LogP contribution in [0.25, 0.3) is 11.4 Å². The molecule has 2 aromatic rings. The number of benzene rings is 1. The van der Waals surface area contributed by atoms with E-state index in [1.165, 1.54) is 31.0 Å². The minimum atomic E-state index is 0.141. The summed E-state index contributed by atoms with van der Waals surface area (Å²) in [6.45, 7) is 2.59. The molecule has 1 aliphatic heterocycles. The molecular weight excluding hydrogens is 388 g/mol. The number of thioether (sulfide) groups is 1. The summed E-state index contributed by atoms with van der Waals surface area (Å²) in [6.07, 6.45) is 6.00. The molecule has 2 heterocycles. The van der Waals surface area contributed by atoms with Crippen LogP contribution in [0, 0.1) is 0 Å². The second-order valence-electron chi connectivity index (χ2n) is 7.48. The highest BCUT2D eigenvalue weighted by atomic mass is 32.2. The fourth-order valence-corrected chi connectivity index (χ4v) is 4.92. The number of aromatic nitrogens is 3. The predicted molar refractivity (Wildman–Crippen MR) is 112 cm³/mol. The molecule has 29 heavy (non-hydrogen) atoms. The van der Waals surface area contributed by atoms with E-state index in [1.807, 2.05) is 29.2 Å². The van der Waals surface area contributed by atoms with Crippen molar-refractivity contribution < 1.29 is 14.3 Å². The lowest BCUT2D eigenvalue weighted by molar-refractivity contribution is -0.132. The van der Waals surface area contributed by atoms with Crippen LogP contribution in [0.4, 0.5) is 0 Å². The van der Waals surface area contributed by atoms with Gasteiger partial charge in [0.25, 0.3) is 0 Å². The first-order chi connectivity index (χ1) is 14.3. The molecule has 1 saturated heterocycles. The van der Waals surface area contributed by atoms with Crippen LogP contribution in [0.15, 0.2) is 29.4 Å². The molecule has 1 aromatic heterocycles. The van der Waals surface area contributed by atoms with Gasteiger partial charge < -0.3 is 14.4 Å². The molecule has 7 nitrogen and oxygen atoms in total. The van der Waals surface area contributed by atoms with Crippen molar-refractivity contribution in [2.75, 3.05) is 39.2 Å². The number of rotatable bonds is 6. The van der Waals surface area contributed by atoms with Gasteiger partial charge in [0.1, 0.15) is 5.75 Å². The Labute approximate surface area is 175 Å². The lowest BCUT2D eigenvalue weighted by atomic mass is 9.95. The van der Waals surface area contributed by atoms with Crippen LogP contribution in [-0.4, -0.2) is 64.7 Å². The van der Waals surface area contributed by atoms with Crippen LogP contribution < -0.4 is 4.74 Å². The SMILES string of the molecule is COc1ccc(-c2nnc(SCC(=O)N3CCOCC3)n2C2CCCCC2)cc1. The van der Waals surface area contributed by atoms with Crippen LogP contribution in [0.1, 0.15) is 38.1 Å². The van der Waals surface area contributed by atoms with E-state index in [2.05, 4.69) is 14.8 Å². The topological polar surface area (TPSA) is 69.5 Å². The minimum absolute atomic E-state index is 0.141. The van der Waals surface area contributed by atoms with Gasteiger partial charge in [-0.1, -0.05) is 31.0 Å². The Hall–Kier alpha value is -2.06. The fourth-order valence-electron chi connectivity index (χ4n) is 4.01. The molecule has 1 aliphatic carbocycles. The van der Waals surface area contributed by atoms with Crippen LogP contribution in [0.5, 0.6) is 5.75 Å². The maximum absolute atomic E-state index is 12.6. The summed E-state index contributed by atoms with van der Waals surface area (Å²) in [7, 11) is 1.67. The molecule has 0 atom stereocenters. The third-order valence-corrected chi connectivity index (χ3v) is 6.57. The van der Waals surface area contributed by atoms with Gasteiger partial charge in [-0.05, 0) is 37.1 Å². The van der Waals surface area contributed by atoms with Crippen molar-refractivity contribution in [2.45, 2.75) is 43.3 Å². The Morgan fingerprint density at radius 2 is 1.86 bits per heavy atom. The average molecular weight is 417 g/mol. The largest absolute Gasteiger partial charge is 0.497 e. The molecule has 1 saturated carbocycles. The highest BCUT2D eigenvalue weighted by molar-refractivity contribution is 7.99. The Kier molecular flexibility index (Phi) is 6.71. The van der Waals surface area contributed by atoms with E-state index in [0.717, 1.165) is 35.1 Å². The van der Waals surface area contributed by atoms with E-state index in [9.17, 15) is 4.79 Å². The molecule has 156 valence electrons. The normalized spacial score (nSPS) is 18.0. The smallest absolute Gasteiger partial charge is 0.233 e. The molecule has 2 fully saturated rings. The van der Waals surface area contributed by atoms with Gasteiger partial charge in [0.2, 0.25) is 5.91 Å². The number of carbonyl (C=O) groups excluding carboxylic acids is 1. The Morgan fingerprint density at radius 1 is 1.14 bits per heavy atom. The number of hydrogen-bond donors (Lipinski definition) is 0. The van der Waals surface area contributed by atoms with E-state index in [1.54, 1.807) is 7.11 Å². The summed E-state index contributed by atoms with van der Waals surface area (Å²) in [5.41, 5.74) is 1.02. The first-order valence-electron chi connectivity index (χ1n) is 10.3. The summed E-state index contributed by atoms with van der Waals surface area (Å²) < 4.78 is 12.9. The molecule has 0 unspecified atom stereocenters. The second kappa shape index (κ2) is 9.63. The zero-order valence-electron chi connectivity index (χ0n) is 16.9. The Bertz CT molecular complexity index is 812. The van der Waals surface area contributed by atoms with E-state index in [-0.39, 0.29) is 5.91 Å². The lowest BCUT2D eigenvalue weighted by Gasteiger charge is -2.27. The van der Waals surface area contributed by atoms with Gasteiger partial charge in [0.15, 0.2) is 11.0 Å². The molecule has 1 aromatic carbocycles. The van der Waals surface area contributed by atoms with Gasteiger partial charge in [-0.25, -0.2) is 0 Å². The number of hydrogen-bond acceptors (Lipinski definition) is 6. The molecular formula is C21H28N4O3S. The van der Waals surface area contributed by atoms with Gasteiger partial charge >= 0.3 is 0 Å². The predicted octanol–water partition coefficient (Wildman–Crippen LogP) is 3.41. The van der Waals surface area contributed by atoms with Crippen molar-refractivity contribution in [3.8, 4) is 17.1 Å². The lowest BCUT2D eigenvalue weighted by Crippen LogP contribution is -2.41. The van der Waals surface area contributed by atoms with Gasteiger partial charge in [0.05, 0.1) is 26.1 Å². The highest BCUT2D eigenvalue weighted by Gasteiger charge is 2.25. The van der Waals surface area contributed by atoms with E-state index >= 15 is 0 Å². The first-order valence-corrected chi connectivity index (χ1v) is 11.3. The number of methoxy groups -OCH3 is 1. The summed E-state index contributed by atoms with van der Waals surface area (Å²) in [4.78, 5) is 14.5. The Balaban J connectivity index is 1.55. The van der Waals surface area contributed by atoms with Gasteiger partial charge in [-0.2, -0.15) is 0 Å². The third kappa shape index (κ3) is 4.75. The average Bonchev–Trinajstić information content (AvgIpc) is 3.22. The monoisotopic (exact) mass is 416 g/mol. The number of ether oxygens (including phenoxy) is 2. The molecule has 0 spiro atoms. The van der Waals surface area contributed by atoms with Crippen molar-refractivity contribution >= 4 is 17.7 Å². The van der Waals surface area contributed by atoms with Gasteiger partial charge in [-0.15, -0.1) is 10.2 Å². The molecule has 8 heteroatoms. The van der Waals surface area contributed by atoms with Crippen LogP contribution in [0.2, 0.25) is 0 Å². The standard InChI is InChI=1S/C21H28N4O3S/c1-27-18-9-7-16(8-10-18)20-22-23-21(25(20)17-5-3-2-4-6-17)29-15-19(26)24-11-13-28-14-12-24/h7-10,17H,2-6,11-15H2,1H3. The third-order valence-electron chi connectivity index (χ3n) is 5.64. The van der Waals surface area contributed by atoms with Crippen molar-refractivity contribution in [1.82, 2.24) is 19.7 Å². The van der Waals surface area contributed by atoms with E-state index in [0.29, 0.717) is 38.1 Å². The summed E-state index contributed by atoms with van der Waals surface area (Å²) in [5, 5.41) is 9.83. The molecule has 2 aliphatic rings. The molecule has 0 bridgehead atoms. The van der Waals surface area contributed by atoms with Gasteiger partial charge in [0, 0.05) is 24.7 Å². The fraction of sp³-hybridized carbons (Fsp3) is 0.571. The first kappa shape index (κ1) is 20.2. The highest BCUT2D eigenvalue weighted by Crippen LogP contribution is 2.36. The maximum Gasteiger partial charge on any atom is 0.233 e. The van der Waals surface area contributed by atoms with Crippen LogP contribution in [-0.2, 0) is 9.53 Å². The summed E-state index contributed by atoms with van der Waals surface area (Å²) in [6, 6.07) is 8.33. The maximum atomic E-state index is 12.6. The second-order valence-corrected chi connectivity index (χ2v) is 8.42. The minimum Gasteiger partial charge on any atom is -0.497 e.